The summed E-state index contributed by atoms with van der Waals surface area (Å²) in [5.41, 5.74) is -0.0595. The molecule has 0 saturated heterocycles. The number of thiophene rings is 1. The second-order valence-electron chi connectivity index (χ2n) is 3.43. The Morgan fingerprint density at radius 1 is 1.42 bits per heavy atom. The molecule has 6 nitrogen and oxygen atoms in total. The molecule has 0 atom stereocenters. The molecule has 19 heavy (non-hydrogen) atoms. The van der Waals surface area contributed by atoms with Crippen molar-refractivity contribution in [3.63, 3.8) is 0 Å². The van der Waals surface area contributed by atoms with Gasteiger partial charge in [-0.3, -0.25) is 10.1 Å². The van der Waals surface area contributed by atoms with Gasteiger partial charge >= 0.3 is 5.97 Å². The number of nitrogens with zero attached hydrogens (tertiary/aromatic N) is 1. The van der Waals surface area contributed by atoms with Crippen molar-refractivity contribution in [2.24, 2.45) is 0 Å². The lowest BCUT2D eigenvalue weighted by molar-refractivity contribution is -0.384. The van der Waals surface area contributed by atoms with E-state index in [9.17, 15) is 14.9 Å². The lowest BCUT2D eigenvalue weighted by Gasteiger charge is -2.05. The summed E-state index contributed by atoms with van der Waals surface area (Å²) >= 11 is 4.21. The standard InChI is InChI=1S/C11H6BrNO5S/c12-8-3-6(13(16)17)1-2-9(8)18-7-4-10(11(14)15)19-5-7/h1-5H,(H,14,15). The van der Waals surface area contributed by atoms with Gasteiger partial charge in [0.05, 0.1) is 9.40 Å². The Labute approximate surface area is 119 Å². The van der Waals surface area contributed by atoms with Gasteiger partial charge in [0, 0.05) is 23.6 Å². The minimum absolute atomic E-state index is 0.0595. The van der Waals surface area contributed by atoms with Crippen molar-refractivity contribution in [1.82, 2.24) is 0 Å². The fraction of sp³-hybridized carbons (Fsp3) is 0. The smallest absolute Gasteiger partial charge is 0.346 e. The Balaban J connectivity index is 2.23. The van der Waals surface area contributed by atoms with Gasteiger partial charge in [-0.1, -0.05) is 0 Å². The van der Waals surface area contributed by atoms with Gasteiger partial charge in [0.1, 0.15) is 16.4 Å². The Morgan fingerprint density at radius 3 is 2.68 bits per heavy atom. The number of hydrogen-bond donors (Lipinski definition) is 1. The first-order valence-electron chi connectivity index (χ1n) is 4.91. The van der Waals surface area contributed by atoms with Crippen molar-refractivity contribution >= 4 is 38.9 Å². The normalized spacial score (nSPS) is 10.2. The number of nitro groups is 1. The molecule has 0 spiro atoms. The molecule has 2 rings (SSSR count). The summed E-state index contributed by atoms with van der Waals surface area (Å²) in [6, 6.07) is 5.46. The average molecular weight is 344 g/mol. The lowest BCUT2D eigenvalue weighted by Crippen LogP contribution is -1.91. The molecular weight excluding hydrogens is 338 g/mol. The van der Waals surface area contributed by atoms with E-state index in [0.717, 1.165) is 11.3 Å². The molecule has 0 bridgehead atoms. The van der Waals surface area contributed by atoms with Crippen LogP contribution >= 0.6 is 27.3 Å². The molecule has 0 saturated carbocycles. The molecule has 0 amide bonds. The fourth-order valence-corrected chi connectivity index (χ4v) is 2.39. The first-order chi connectivity index (χ1) is 8.97. The molecule has 8 heteroatoms. The Morgan fingerprint density at radius 2 is 2.16 bits per heavy atom. The van der Waals surface area contributed by atoms with Crippen molar-refractivity contribution in [3.8, 4) is 11.5 Å². The fourth-order valence-electron chi connectivity index (χ4n) is 1.30. The van der Waals surface area contributed by atoms with Crippen LogP contribution in [0.2, 0.25) is 0 Å². The van der Waals surface area contributed by atoms with E-state index in [1.807, 2.05) is 0 Å². The van der Waals surface area contributed by atoms with E-state index in [4.69, 9.17) is 9.84 Å². The zero-order valence-electron chi connectivity index (χ0n) is 9.20. The summed E-state index contributed by atoms with van der Waals surface area (Å²) in [5, 5.41) is 20.9. The number of nitro benzene ring substituents is 1. The zero-order chi connectivity index (χ0) is 14.0. The maximum absolute atomic E-state index is 10.7. The number of rotatable bonds is 4. The van der Waals surface area contributed by atoms with Crippen LogP contribution in [0.4, 0.5) is 5.69 Å². The average Bonchev–Trinajstić information content (AvgIpc) is 2.80. The van der Waals surface area contributed by atoms with E-state index in [1.54, 1.807) is 5.38 Å². The number of halogens is 1. The molecule has 0 radical (unpaired) electrons. The van der Waals surface area contributed by atoms with E-state index in [0.29, 0.717) is 16.0 Å². The van der Waals surface area contributed by atoms with Crippen LogP contribution in [-0.4, -0.2) is 16.0 Å². The zero-order valence-corrected chi connectivity index (χ0v) is 11.6. The van der Waals surface area contributed by atoms with Gasteiger partial charge in [-0.25, -0.2) is 4.79 Å². The quantitative estimate of drug-likeness (QED) is 0.671. The number of ether oxygens (including phenoxy) is 1. The molecule has 0 unspecified atom stereocenters. The first kappa shape index (κ1) is 13.5. The van der Waals surface area contributed by atoms with Gasteiger partial charge in [0.25, 0.3) is 5.69 Å². The molecule has 98 valence electrons. The van der Waals surface area contributed by atoms with Gasteiger partial charge in [-0.15, -0.1) is 11.3 Å². The van der Waals surface area contributed by atoms with Crippen molar-refractivity contribution in [1.29, 1.82) is 0 Å². The summed E-state index contributed by atoms with van der Waals surface area (Å²) in [6.07, 6.45) is 0. The van der Waals surface area contributed by atoms with Crippen molar-refractivity contribution in [2.75, 3.05) is 0 Å². The SMILES string of the molecule is O=C(O)c1cc(Oc2ccc([N+](=O)[O-])cc2Br)cs1. The molecule has 1 heterocycles. The number of aromatic carboxylic acids is 1. The van der Waals surface area contributed by atoms with E-state index < -0.39 is 10.9 Å². The van der Waals surface area contributed by atoms with Crippen molar-refractivity contribution < 1.29 is 19.6 Å². The maximum atomic E-state index is 10.7. The third-order valence-corrected chi connectivity index (χ3v) is 3.66. The second kappa shape index (κ2) is 5.37. The van der Waals surface area contributed by atoms with E-state index in [-0.39, 0.29) is 10.6 Å². The molecule has 1 N–H and O–H groups in total. The minimum Gasteiger partial charge on any atom is -0.477 e. The van der Waals surface area contributed by atoms with Gasteiger partial charge < -0.3 is 9.84 Å². The molecule has 0 aliphatic rings. The van der Waals surface area contributed by atoms with Gasteiger partial charge in [0.15, 0.2) is 0 Å². The predicted molar refractivity (Wildman–Crippen MR) is 72.1 cm³/mol. The Bertz CT molecular complexity index is 654. The summed E-state index contributed by atoms with van der Waals surface area (Å²) in [6.45, 7) is 0. The van der Waals surface area contributed by atoms with E-state index in [1.165, 1.54) is 24.3 Å². The van der Waals surface area contributed by atoms with Crippen molar-refractivity contribution in [2.45, 2.75) is 0 Å². The molecule has 2 aromatic rings. The topological polar surface area (TPSA) is 89.7 Å². The molecule has 0 aliphatic heterocycles. The van der Waals surface area contributed by atoms with Gasteiger partial charge in [-0.2, -0.15) is 0 Å². The first-order valence-corrected chi connectivity index (χ1v) is 6.58. The van der Waals surface area contributed by atoms with Crippen molar-refractivity contribution in [3.05, 3.63) is 49.1 Å². The molecular formula is C11H6BrNO5S. The summed E-state index contributed by atoms with van der Waals surface area (Å²) in [7, 11) is 0. The highest BCUT2D eigenvalue weighted by atomic mass is 79.9. The number of carboxylic acid groups (broad SMARTS) is 1. The number of non-ortho nitro benzene ring substituents is 1. The number of carboxylic acids is 1. The monoisotopic (exact) mass is 343 g/mol. The van der Waals surface area contributed by atoms with E-state index in [2.05, 4.69) is 15.9 Å². The maximum Gasteiger partial charge on any atom is 0.346 e. The number of benzene rings is 1. The Hall–Kier alpha value is -1.93. The third kappa shape index (κ3) is 3.09. The molecule has 0 fully saturated rings. The third-order valence-electron chi connectivity index (χ3n) is 2.14. The van der Waals surface area contributed by atoms with Gasteiger partial charge in [0.2, 0.25) is 0 Å². The number of hydrogen-bond acceptors (Lipinski definition) is 5. The largest absolute Gasteiger partial charge is 0.477 e. The summed E-state index contributed by atoms with van der Waals surface area (Å²) in [5.74, 6) is -0.278. The van der Waals surface area contributed by atoms with Gasteiger partial charge in [-0.05, 0) is 22.0 Å². The highest BCUT2D eigenvalue weighted by molar-refractivity contribution is 9.10. The van der Waals surface area contributed by atoms with Crippen LogP contribution in [-0.2, 0) is 0 Å². The second-order valence-corrected chi connectivity index (χ2v) is 5.19. The van der Waals surface area contributed by atoms with Crippen LogP contribution < -0.4 is 4.74 Å². The van der Waals surface area contributed by atoms with Crippen LogP contribution in [0.3, 0.4) is 0 Å². The summed E-state index contributed by atoms with van der Waals surface area (Å²) in [4.78, 5) is 21.0. The predicted octanol–water partition coefficient (Wildman–Crippen LogP) is 3.91. The Kier molecular flexibility index (Phi) is 3.82. The highest BCUT2D eigenvalue weighted by Gasteiger charge is 2.12. The summed E-state index contributed by atoms with van der Waals surface area (Å²) < 4.78 is 5.87. The van der Waals surface area contributed by atoms with Crippen LogP contribution in [0.15, 0.2) is 34.1 Å². The van der Waals surface area contributed by atoms with Crippen LogP contribution in [0.1, 0.15) is 9.67 Å². The van der Waals surface area contributed by atoms with Crippen LogP contribution in [0.25, 0.3) is 0 Å². The van der Waals surface area contributed by atoms with Crippen LogP contribution in [0, 0.1) is 10.1 Å². The van der Waals surface area contributed by atoms with E-state index >= 15 is 0 Å². The van der Waals surface area contributed by atoms with Crippen LogP contribution in [0.5, 0.6) is 11.5 Å². The lowest BCUT2D eigenvalue weighted by atomic mass is 10.3. The molecule has 1 aromatic carbocycles. The molecule has 0 aliphatic carbocycles. The number of carbonyl (C=O) groups is 1. The molecule has 1 aromatic heterocycles. The minimum atomic E-state index is -1.03. The highest BCUT2D eigenvalue weighted by Crippen LogP contribution is 2.34.